The van der Waals surface area contributed by atoms with Crippen molar-refractivity contribution in [3.63, 3.8) is 0 Å². The zero-order chi connectivity index (χ0) is 13.1. The Morgan fingerprint density at radius 3 is 2.56 bits per heavy atom. The van der Waals surface area contributed by atoms with E-state index in [-0.39, 0.29) is 0 Å². The number of likely N-dealkylation sites (tertiary alicyclic amines) is 1. The highest BCUT2D eigenvalue weighted by atomic mass is 35.5. The van der Waals surface area contributed by atoms with Crippen molar-refractivity contribution in [2.24, 2.45) is 11.7 Å². The highest BCUT2D eigenvalue weighted by molar-refractivity contribution is 6.30. The maximum Gasteiger partial charge on any atom is 0.0406 e. The Kier molecular flexibility index (Phi) is 4.66. The Morgan fingerprint density at radius 1 is 1.39 bits per heavy atom. The third-order valence-corrected chi connectivity index (χ3v) is 4.34. The van der Waals surface area contributed by atoms with E-state index in [2.05, 4.69) is 30.9 Å². The van der Waals surface area contributed by atoms with Gasteiger partial charge in [0.15, 0.2) is 0 Å². The van der Waals surface area contributed by atoms with Crippen LogP contribution in [0.1, 0.15) is 38.3 Å². The minimum absolute atomic E-state index is 0.494. The number of halogens is 1. The van der Waals surface area contributed by atoms with Crippen molar-refractivity contribution in [1.82, 2.24) is 4.90 Å². The fourth-order valence-electron chi connectivity index (χ4n) is 3.12. The standard InChI is InChI=1S/C15H23ClN2/c1-3-15(13-4-6-14(16)7-5-13)18-10-12(9-17)8-11(18)2/h4-7,11-12,15H,3,8-10,17H2,1-2H3. The van der Waals surface area contributed by atoms with Crippen LogP contribution in [-0.4, -0.2) is 24.0 Å². The lowest BCUT2D eigenvalue weighted by molar-refractivity contribution is 0.182. The highest BCUT2D eigenvalue weighted by Crippen LogP contribution is 2.34. The minimum atomic E-state index is 0.494. The van der Waals surface area contributed by atoms with E-state index in [1.54, 1.807) is 0 Å². The minimum Gasteiger partial charge on any atom is -0.330 e. The van der Waals surface area contributed by atoms with Crippen LogP contribution in [0.2, 0.25) is 5.02 Å². The quantitative estimate of drug-likeness (QED) is 0.904. The van der Waals surface area contributed by atoms with Gasteiger partial charge in [0, 0.05) is 23.7 Å². The molecule has 2 N–H and O–H groups in total. The van der Waals surface area contributed by atoms with Gasteiger partial charge in [0.05, 0.1) is 0 Å². The van der Waals surface area contributed by atoms with E-state index in [0.717, 1.165) is 24.5 Å². The predicted molar refractivity (Wildman–Crippen MR) is 77.8 cm³/mol. The van der Waals surface area contributed by atoms with Gasteiger partial charge in [-0.25, -0.2) is 0 Å². The van der Waals surface area contributed by atoms with Crippen molar-refractivity contribution in [2.75, 3.05) is 13.1 Å². The monoisotopic (exact) mass is 266 g/mol. The van der Waals surface area contributed by atoms with E-state index < -0.39 is 0 Å². The summed E-state index contributed by atoms with van der Waals surface area (Å²) in [5.41, 5.74) is 7.18. The Morgan fingerprint density at radius 2 is 2.06 bits per heavy atom. The van der Waals surface area contributed by atoms with Crippen molar-refractivity contribution in [3.8, 4) is 0 Å². The van der Waals surface area contributed by atoms with E-state index in [9.17, 15) is 0 Å². The molecule has 1 aliphatic heterocycles. The number of hydrogen-bond acceptors (Lipinski definition) is 2. The number of nitrogens with zero attached hydrogens (tertiary/aromatic N) is 1. The van der Waals surface area contributed by atoms with Gasteiger partial charge in [-0.05, 0) is 49.9 Å². The van der Waals surface area contributed by atoms with Crippen molar-refractivity contribution in [1.29, 1.82) is 0 Å². The van der Waals surface area contributed by atoms with Crippen LogP contribution in [-0.2, 0) is 0 Å². The van der Waals surface area contributed by atoms with Crippen LogP contribution < -0.4 is 5.73 Å². The molecule has 0 aromatic heterocycles. The normalized spacial score (nSPS) is 26.4. The van der Waals surface area contributed by atoms with Gasteiger partial charge in [0.25, 0.3) is 0 Å². The van der Waals surface area contributed by atoms with Crippen molar-refractivity contribution < 1.29 is 0 Å². The van der Waals surface area contributed by atoms with E-state index in [4.69, 9.17) is 17.3 Å². The van der Waals surface area contributed by atoms with Crippen LogP contribution in [0.3, 0.4) is 0 Å². The molecule has 2 nitrogen and oxygen atoms in total. The number of benzene rings is 1. The van der Waals surface area contributed by atoms with Crippen LogP contribution in [0.25, 0.3) is 0 Å². The molecule has 0 bridgehead atoms. The van der Waals surface area contributed by atoms with Gasteiger partial charge in [-0.15, -0.1) is 0 Å². The van der Waals surface area contributed by atoms with Crippen LogP contribution in [0.15, 0.2) is 24.3 Å². The first-order valence-electron chi connectivity index (χ1n) is 6.87. The maximum absolute atomic E-state index is 5.96. The summed E-state index contributed by atoms with van der Waals surface area (Å²) in [4.78, 5) is 2.60. The lowest BCUT2D eigenvalue weighted by atomic mass is 10.0. The van der Waals surface area contributed by atoms with Gasteiger partial charge in [-0.2, -0.15) is 0 Å². The molecular formula is C15H23ClN2. The number of hydrogen-bond donors (Lipinski definition) is 1. The molecule has 3 atom stereocenters. The molecule has 0 aliphatic carbocycles. The molecule has 1 heterocycles. The summed E-state index contributed by atoms with van der Waals surface area (Å²) in [6, 6.07) is 9.40. The summed E-state index contributed by atoms with van der Waals surface area (Å²) in [5.74, 6) is 0.654. The first-order valence-corrected chi connectivity index (χ1v) is 7.24. The van der Waals surface area contributed by atoms with Gasteiger partial charge >= 0.3 is 0 Å². The van der Waals surface area contributed by atoms with E-state index >= 15 is 0 Å². The molecule has 3 heteroatoms. The summed E-state index contributed by atoms with van der Waals surface area (Å²) in [7, 11) is 0. The zero-order valence-electron chi connectivity index (χ0n) is 11.3. The number of nitrogens with two attached hydrogens (primary N) is 1. The van der Waals surface area contributed by atoms with Crippen molar-refractivity contribution >= 4 is 11.6 Å². The summed E-state index contributed by atoms with van der Waals surface area (Å²) in [6.07, 6.45) is 2.35. The lowest BCUT2D eigenvalue weighted by Crippen LogP contribution is -2.32. The fraction of sp³-hybridized carbons (Fsp3) is 0.600. The van der Waals surface area contributed by atoms with Gasteiger partial charge in [-0.3, -0.25) is 4.90 Å². The van der Waals surface area contributed by atoms with Crippen LogP contribution in [0.4, 0.5) is 0 Å². The molecule has 0 spiro atoms. The molecule has 0 saturated carbocycles. The lowest BCUT2D eigenvalue weighted by Gasteiger charge is -2.31. The van der Waals surface area contributed by atoms with Crippen molar-refractivity contribution in [2.45, 2.75) is 38.8 Å². The van der Waals surface area contributed by atoms with Crippen LogP contribution >= 0.6 is 11.6 Å². The van der Waals surface area contributed by atoms with Gasteiger partial charge in [0.1, 0.15) is 0 Å². The highest BCUT2D eigenvalue weighted by Gasteiger charge is 2.32. The molecule has 100 valence electrons. The van der Waals surface area contributed by atoms with E-state index in [0.29, 0.717) is 18.0 Å². The summed E-state index contributed by atoms with van der Waals surface area (Å²) < 4.78 is 0. The Balaban J connectivity index is 2.16. The van der Waals surface area contributed by atoms with E-state index in [1.807, 2.05) is 12.1 Å². The van der Waals surface area contributed by atoms with Gasteiger partial charge in [-0.1, -0.05) is 30.7 Å². The Bertz CT molecular complexity index is 377. The molecule has 2 rings (SSSR count). The molecule has 1 aliphatic rings. The molecule has 1 aromatic rings. The molecule has 0 radical (unpaired) electrons. The molecule has 0 amide bonds. The Labute approximate surface area is 115 Å². The molecular weight excluding hydrogens is 244 g/mol. The smallest absolute Gasteiger partial charge is 0.0406 e. The second-order valence-electron chi connectivity index (χ2n) is 5.36. The first-order chi connectivity index (χ1) is 8.65. The first kappa shape index (κ1) is 13.9. The molecule has 1 fully saturated rings. The average molecular weight is 267 g/mol. The van der Waals surface area contributed by atoms with Crippen LogP contribution in [0.5, 0.6) is 0 Å². The predicted octanol–water partition coefficient (Wildman–Crippen LogP) is 3.46. The second kappa shape index (κ2) is 6.05. The average Bonchev–Trinajstić information content (AvgIpc) is 2.74. The third-order valence-electron chi connectivity index (χ3n) is 4.08. The second-order valence-corrected chi connectivity index (χ2v) is 5.80. The van der Waals surface area contributed by atoms with E-state index in [1.165, 1.54) is 12.0 Å². The SMILES string of the molecule is CCC(c1ccc(Cl)cc1)N1CC(CN)CC1C. The third kappa shape index (κ3) is 2.87. The summed E-state index contributed by atoms with van der Waals surface area (Å²) in [5, 5.41) is 0.808. The molecule has 1 saturated heterocycles. The summed E-state index contributed by atoms with van der Waals surface area (Å²) in [6.45, 7) is 6.49. The number of rotatable bonds is 4. The molecule has 1 aromatic carbocycles. The largest absolute Gasteiger partial charge is 0.330 e. The van der Waals surface area contributed by atoms with Crippen LogP contribution in [0, 0.1) is 5.92 Å². The Hall–Kier alpha value is -0.570. The molecule has 3 unspecified atom stereocenters. The fourth-order valence-corrected chi connectivity index (χ4v) is 3.25. The topological polar surface area (TPSA) is 29.3 Å². The zero-order valence-corrected chi connectivity index (χ0v) is 12.0. The van der Waals surface area contributed by atoms with Gasteiger partial charge in [0.2, 0.25) is 0 Å². The van der Waals surface area contributed by atoms with Crippen molar-refractivity contribution in [3.05, 3.63) is 34.9 Å². The van der Waals surface area contributed by atoms with Gasteiger partial charge < -0.3 is 5.73 Å². The maximum atomic E-state index is 5.96. The summed E-state index contributed by atoms with van der Waals surface area (Å²) >= 11 is 5.96. The molecule has 18 heavy (non-hydrogen) atoms.